The zero-order valence-corrected chi connectivity index (χ0v) is 16.7. The Balaban J connectivity index is 1.47. The standard InChI is InChI=1S/C21H26N4O2S/c26-28(27)14-10-17(16-28)15-24-21(23-12-8-19-6-3-4-11-22-19)25-13-9-18-5-1-2-7-20(18)25/h1-7,11,17H,8-10,12-16H2,(H,23,24). The summed E-state index contributed by atoms with van der Waals surface area (Å²) in [5.41, 5.74) is 3.55. The third-order valence-electron chi connectivity index (χ3n) is 5.36. The van der Waals surface area contributed by atoms with Gasteiger partial charge in [0, 0.05) is 43.6 Å². The monoisotopic (exact) mass is 398 g/mol. The van der Waals surface area contributed by atoms with Crippen molar-refractivity contribution >= 4 is 21.5 Å². The van der Waals surface area contributed by atoms with Gasteiger partial charge < -0.3 is 10.2 Å². The van der Waals surface area contributed by atoms with Crippen LogP contribution in [0.25, 0.3) is 0 Å². The molecule has 1 aromatic carbocycles. The van der Waals surface area contributed by atoms with Crippen molar-refractivity contribution in [2.24, 2.45) is 10.9 Å². The number of guanidine groups is 1. The van der Waals surface area contributed by atoms with E-state index in [1.807, 2.05) is 30.5 Å². The summed E-state index contributed by atoms with van der Waals surface area (Å²) < 4.78 is 23.5. The van der Waals surface area contributed by atoms with Crippen LogP contribution in [0.15, 0.2) is 53.7 Å². The Morgan fingerprint density at radius 1 is 1.21 bits per heavy atom. The number of pyridine rings is 1. The molecule has 4 rings (SSSR count). The van der Waals surface area contributed by atoms with Crippen LogP contribution in [-0.2, 0) is 22.7 Å². The molecule has 0 amide bonds. The van der Waals surface area contributed by atoms with Gasteiger partial charge in [-0.15, -0.1) is 0 Å². The molecule has 1 aromatic heterocycles. The summed E-state index contributed by atoms with van der Waals surface area (Å²) in [5, 5.41) is 3.48. The number of aromatic nitrogens is 1. The molecule has 2 aliphatic rings. The molecule has 0 radical (unpaired) electrons. The molecule has 7 heteroatoms. The lowest BCUT2D eigenvalue weighted by atomic mass is 10.1. The highest BCUT2D eigenvalue weighted by Crippen LogP contribution is 2.27. The lowest BCUT2D eigenvalue weighted by Gasteiger charge is -2.23. The SMILES string of the molecule is O=S1(=O)CCC(CN=C(NCCc2ccccn2)N2CCc3ccccc32)C1. The van der Waals surface area contributed by atoms with Crippen molar-refractivity contribution in [1.29, 1.82) is 0 Å². The molecule has 28 heavy (non-hydrogen) atoms. The average Bonchev–Trinajstić information content (AvgIpc) is 3.28. The summed E-state index contributed by atoms with van der Waals surface area (Å²) in [5.74, 6) is 1.51. The van der Waals surface area contributed by atoms with Crippen LogP contribution >= 0.6 is 0 Å². The molecule has 2 aliphatic heterocycles. The highest BCUT2D eigenvalue weighted by molar-refractivity contribution is 7.91. The van der Waals surface area contributed by atoms with Crippen molar-refractivity contribution in [3.63, 3.8) is 0 Å². The van der Waals surface area contributed by atoms with Crippen molar-refractivity contribution < 1.29 is 8.42 Å². The minimum atomic E-state index is -2.88. The number of hydrogen-bond donors (Lipinski definition) is 1. The first-order valence-electron chi connectivity index (χ1n) is 9.85. The van der Waals surface area contributed by atoms with Crippen LogP contribution < -0.4 is 10.2 Å². The Labute approximate surface area is 166 Å². The molecule has 0 spiro atoms. The number of aliphatic imine (C=N–C) groups is 1. The van der Waals surface area contributed by atoms with Gasteiger partial charge in [-0.2, -0.15) is 0 Å². The fourth-order valence-electron chi connectivity index (χ4n) is 3.87. The first-order chi connectivity index (χ1) is 13.6. The molecule has 148 valence electrons. The van der Waals surface area contributed by atoms with Crippen molar-refractivity contribution in [1.82, 2.24) is 10.3 Å². The van der Waals surface area contributed by atoms with Gasteiger partial charge in [0.2, 0.25) is 0 Å². The molecule has 1 saturated heterocycles. The summed E-state index contributed by atoms with van der Waals surface area (Å²) in [6, 6.07) is 14.3. The second kappa shape index (κ2) is 8.31. The van der Waals surface area contributed by atoms with Crippen LogP contribution in [0, 0.1) is 5.92 Å². The van der Waals surface area contributed by atoms with E-state index in [2.05, 4.69) is 33.4 Å². The van der Waals surface area contributed by atoms with Gasteiger partial charge in [-0.3, -0.25) is 9.98 Å². The molecule has 2 aromatic rings. The van der Waals surface area contributed by atoms with Gasteiger partial charge in [-0.05, 0) is 42.5 Å². The predicted molar refractivity (Wildman–Crippen MR) is 112 cm³/mol. The normalized spacial score (nSPS) is 20.9. The molecule has 1 N–H and O–H groups in total. The van der Waals surface area contributed by atoms with Crippen molar-refractivity contribution in [2.75, 3.05) is 36.0 Å². The van der Waals surface area contributed by atoms with Gasteiger partial charge in [-0.1, -0.05) is 24.3 Å². The van der Waals surface area contributed by atoms with Crippen molar-refractivity contribution in [3.05, 3.63) is 59.9 Å². The van der Waals surface area contributed by atoms with Gasteiger partial charge in [-0.25, -0.2) is 8.42 Å². The predicted octanol–water partition coefficient (Wildman–Crippen LogP) is 2.07. The third kappa shape index (κ3) is 4.52. The van der Waals surface area contributed by atoms with Gasteiger partial charge in [0.25, 0.3) is 0 Å². The van der Waals surface area contributed by atoms with E-state index in [0.29, 0.717) is 18.7 Å². The Morgan fingerprint density at radius 2 is 2.07 bits per heavy atom. The van der Waals surface area contributed by atoms with Gasteiger partial charge in [0.15, 0.2) is 15.8 Å². The second-order valence-electron chi connectivity index (χ2n) is 7.46. The fourth-order valence-corrected chi connectivity index (χ4v) is 5.72. The number of anilines is 1. The molecule has 0 bridgehead atoms. The van der Waals surface area contributed by atoms with E-state index >= 15 is 0 Å². The first-order valence-corrected chi connectivity index (χ1v) is 11.7. The fraction of sp³-hybridized carbons (Fsp3) is 0.429. The van der Waals surface area contributed by atoms with Crippen LogP contribution in [0.5, 0.6) is 0 Å². The zero-order valence-electron chi connectivity index (χ0n) is 15.9. The first kappa shape index (κ1) is 18.9. The van der Waals surface area contributed by atoms with Gasteiger partial charge in [0.1, 0.15) is 0 Å². The number of nitrogens with zero attached hydrogens (tertiary/aromatic N) is 3. The molecular weight excluding hydrogens is 372 g/mol. The van der Waals surface area contributed by atoms with E-state index in [-0.39, 0.29) is 11.7 Å². The number of sulfone groups is 1. The molecule has 3 heterocycles. The summed E-state index contributed by atoms with van der Waals surface area (Å²) in [6.45, 7) is 2.17. The number of fused-ring (bicyclic) bond motifs is 1. The zero-order chi connectivity index (χ0) is 19.4. The van der Waals surface area contributed by atoms with Crippen LogP contribution in [0.1, 0.15) is 17.7 Å². The van der Waals surface area contributed by atoms with Crippen LogP contribution in [0.3, 0.4) is 0 Å². The topological polar surface area (TPSA) is 74.7 Å². The van der Waals surface area contributed by atoms with E-state index in [1.54, 1.807) is 0 Å². The van der Waals surface area contributed by atoms with E-state index in [0.717, 1.165) is 37.6 Å². The summed E-state index contributed by atoms with van der Waals surface area (Å²) >= 11 is 0. The summed E-state index contributed by atoms with van der Waals surface area (Å²) in [7, 11) is -2.88. The van der Waals surface area contributed by atoms with Crippen LogP contribution in [0.2, 0.25) is 0 Å². The average molecular weight is 399 g/mol. The Bertz CT molecular complexity index is 944. The minimum absolute atomic E-state index is 0.121. The molecule has 6 nitrogen and oxygen atoms in total. The Morgan fingerprint density at radius 3 is 2.86 bits per heavy atom. The molecule has 1 fully saturated rings. The molecular formula is C21H26N4O2S. The number of nitrogens with one attached hydrogen (secondary N) is 1. The lowest BCUT2D eigenvalue weighted by Crippen LogP contribution is -2.42. The minimum Gasteiger partial charge on any atom is -0.356 e. The highest BCUT2D eigenvalue weighted by atomic mass is 32.2. The molecule has 0 saturated carbocycles. The number of para-hydroxylation sites is 1. The number of rotatable bonds is 5. The van der Waals surface area contributed by atoms with Gasteiger partial charge >= 0.3 is 0 Å². The Kier molecular flexibility index (Phi) is 5.62. The van der Waals surface area contributed by atoms with Gasteiger partial charge in [0.05, 0.1) is 11.5 Å². The quantitative estimate of drug-likeness (QED) is 0.616. The molecule has 1 atom stereocenters. The maximum Gasteiger partial charge on any atom is 0.198 e. The van der Waals surface area contributed by atoms with E-state index < -0.39 is 9.84 Å². The van der Waals surface area contributed by atoms with E-state index in [4.69, 9.17) is 4.99 Å². The summed E-state index contributed by atoms with van der Waals surface area (Å²) in [6.07, 6.45) is 4.33. The summed E-state index contributed by atoms with van der Waals surface area (Å²) in [4.78, 5) is 11.4. The lowest BCUT2D eigenvalue weighted by molar-refractivity contribution is 0.590. The maximum atomic E-state index is 11.8. The van der Waals surface area contributed by atoms with Crippen molar-refractivity contribution in [2.45, 2.75) is 19.3 Å². The van der Waals surface area contributed by atoms with E-state index in [9.17, 15) is 8.42 Å². The maximum absolute atomic E-state index is 11.8. The number of benzene rings is 1. The Hall–Kier alpha value is -2.41. The largest absolute Gasteiger partial charge is 0.356 e. The molecule has 1 unspecified atom stereocenters. The smallest absolute Gasteiger partial charge is 0.198 e. The highest BCUT2D eigenvalue weighted by Gasteiger charge is 2.28. The number of hydrogen-bond acceptors (Lipinski definition) is 4. The van der Waals surface area contributed by atoms with Crippen LogP contribution in [0.4, 0.5) is 5.69 Å². The third-order valence-corrected chi connectivity index (χ3v) is 7.20. The van der Waals surface area contributed by atoms with Crippen LogP contribution in [-0.4, -0.2) is 50.5 Å². The second-order valence-corrected chi connectivity index (χ2v) is 9.69. The van der Waals surface area contributed by atoms with Crippen molar-refractivity contribution in [3.8, 4) is 0 Å². The van der Waals surface area contributed by atoms with E-state index in [1.165, 1.54) is 11.3 Å². The molecule has 0 aliphatic carbocycles.